The van der Waals surface area contributed by atoms with Gasteiger partial charge in [-0.3, -0.25) is 0 Å². The van der Waals surface area contributed by atoms with Crippen molar-refractivity contribution in [3.05, 3.63) is 65.3 Å². The van der Waals surface area contributed by atoms with Crippen LogP contribution in [0.25, 0.3) is 22.4 Å². The summed E-state index contributed by atoms with van der Waals surface area (Å²) in [7, 11) is 0. The van der Waals surface area contributed by atoms with Gasteiger partial charge in [-0.2, -0.15) is 0 Å². The third-order valence-corrected chi connectivity index (χ3v) is 4.56. The van der Waals surface area contributed by atoms with Crippen molar-refractivity contribution >= 4 is 34.1 Å². The van der Waals surface area contributed by atoms with Gasteiger partial charge in [-0.1, -0.05) is 25.4 Å². The standard InChI is InChI=1S/C20H17ClFN5/c1-11(2)15-10-25-19(14-9-12(21)3-4-16(14)22)27-20(15)26-17-6-8-24-18-13(17)5-7-23-18/h3-11H,1-2H3,(H2,23,24,25,26,27). The number of benzene rings is 1. The van der Waals surface area contributed by atoms with E-state index in [-0.39, 0.29) is 17.3 Å². The van der Waals surface area contributed by atoms with Crippen LogP contribution < -0.4 is 5.32 Å². The molecule has 4 aromatic rings. The van der Waals surface area contributed by atoms with Gasteiger partial charge in [0.05, 0.1) is 11.3 Å². The van der Waals surface area contributed by atoms with E-state index in [4.69, 9.17) is 11.6 Å². The number of aromatic nitrogens is 4. The highest BCUT2D eigenvalue weighted by Gasteiger charge is 2.16. The smallest absolute Gasteiger partial charge is 0.164 e. The minimum Gasteiger partial charge on any atom is -0.346 e. The fourth-order valence-corrected chi connectivity index (χ4v) is 3.08. The summed E-state index contributed by atoms with van der Waals surface area (Å²) in [6.07, 6.45) is 5.28. The molecule has 0 atom stereocenters. The Balaban J connectivity index is 1.83. The molecule has 0 spiro atoms. The first-order valence-electron chi connectivity index (χ1n) is 8.54. The van der Waals surface area contributed by atoms with Crippen LogP contribution in [-0.2, 0) is 0 Å². The molecule has 1 aromatic carbocycles. The lowest BCUT2D eigenvalue weighted by Gasteiger charge is -2.15. The topological polar surface area (TPSA) is 66.5 Å². The Bertz CT molecular complexity index is 1120. The number of rotatable bonds is 4. The Morgan fingerprint density at radius 2 is 2.00 bits per heavy atom. The van der Waals surface area contributed by atoms with Crippen molar-refractivity contribution in [2.24, 2.45) is 0 Å². The van der Waals surface area contributed by atoms with Crippen LogP contribution >= 0.6 is 11.6 Å². The quantitative estimate of drug-likeness (QED) is 0.477. The van der Waals surface area contributed by atoms with Gasteiger partial charge in [-0.15, -0.1) is 0 Å². The van der Waals surface area contributed by atoms with Gasteiger partial charge < -0.3 is 10.3 Å². The third-order valence-electron chi connectivity index (χ3n) is 4.32. The minimum atomic E-state index is -0.417. The summed E-state index contributed by atoms with van der Waals surface area (Å²) in [6, 6.07) is 8.17. The number of hydrogen-bond donors (Lipinski definition) is 2. The second-order valence-electron chi connectivity index (χ2n) is 6.50. The fourth-order valence-electron chi connectivity index (χ4n) is 2.91. The second-order valence-corrected chi connectivity index (χ2v) is 6.94. The maximum absolute atomic E-state index is 14.3. The number of fused-ring (bicyclic) bond motifs is 1. The van der Waals surface area contributed by atoms with Crippen molar-refractivity contribution < 1.29 is 4.39 Å². The number of anilines is 2. The van der Waals surface area contributed by atoms with Crippen molar-refractivity contribution in [2.75, 3.05) is 5.32 Å². The molecule has 3 heterocycles. The van der Waals surface area contributed by atoms with Gasteiger partial charge in [0.1, 0.15) is 17.3 Å². The molecular formula is C20H17ClFN5. The lowest BCUT2D eigenvalue weighted by atomic mass is 10.1. The lowest BCUT2D eigenvalue weighted by molar-refractivity contribution is 0.630. The maximum Gasteiger partial charge on any atom is 0.164 e. The van der Waals surface area contributed by atoms with Gasteiger partial charge in [-0.05, 0) is 36.2 Å². The highest BCUT2D eigenvalue weighted by Crippen LogP contribution is 2.31. The molecule has 0 aliphatic heterocycles. The number of halogens is 2. The lowest BCUT2D eigenvalue weighted by Crippen LogP contribution is -2.04. The van der Waals surface area contributed by atoms with Gasteiger partial charge in [0.2, 0.25) is 0 Å². The van der Waals surface area contributed by atoms with Crippen LogP contribution in [0.1, 0.15) is 25.3 Å². The molecule has 0 amide bonds. The number of pyridine rings is 1. The summed E-state index contributed by atoms with van der Waals surface area (Å²) < 4.78 is 14.3. The number of H-pyrrole nitrogens is 1. The predicted octanol–water partition coefficient (Wildman–Crippen LogP) is 5.68. The first-order chi connectivity index (χ1) is 13.0. The van der Waals surface area contributed by atoms with Crippen molar-refractivity contribution in [1.29, 1.82) is 0 Å². The molecule has 0 bridgehead atoms. The zero-order valence-electron chi connectivity index (χ0n) is 14.8. The molecule has 136 valence electrons. The van der Waals surface area contributed by atoms with Crippen molar-refractivity contribution in [1.82, 2.24) is 19.9 Å². The molecule has 4 rings (SSSR count). The van der Waals surface area contributed by atoms with Crippen molar-refractivity contribution in [3.8, 4) is 11.4 Å². The van der Waals surface area contributed by atoms with Gasteiger partial charge in [0.25, 0.3) is 0 Å². The van der Waals surface area contributed by atoms with E-state index in [0.717, 1.165) is 22.3 Å². The molecule has 0 aliphatic carbocycles. The van der Waals surface area contributed by atoms with Crippen LogP contribution in [0.3, 0.4) is 0 Å². The molecule has 0 unspecified atom stereocenters. The number of nitrogens with one attached hydrogen (secondary N) is 2. The highest BCUT2D eigenvalue weighted by molar-refractivity contribution is 6.30. The number of aromatic amines is 1. The van der Waals surface area contributed by atoms with E-state index in [1.165, 1.54) is 18.2 Å². The summed E-state index contributed by atoms with van der Waals surface area (Å²) in [5.41, 5.74) is 2.84. The molecule has 27 heavy (non-hydrogen) atoms. The van der Waals surface area contributed by atoms with E-state index in [2.05, 4.69) is 39.1 Å². The summed E-state index contributed by atoms with van der Waals surface area (Å²) in [5, 5.41) is 4.74. The molecule has 0 radical (unpaired) electrons. The molecule has 0 fully saturated rings. The summed E-state index contributed by atoms with van der Waals surface area (Å²) in [6.45, 7) is 4.11. The van der Waals surface area contributed by atoms with Crippen LogP contribution in [0.15, 0.2) is 48.9 Å². The molecule has 2 N–H and O–H groups in total. The zero-order valence-corrected chi connectivity index (χ0v) is 15.5. The van der Waals surface area contributed by atoms with E-state index < -0.39 is 5.82 Å². The Morgan fingerprint density at radius 3 is 2.81 bits per heavy atom. The van der Waals surface area contributed by atoms with E-state index in [0.29, 0.717) is 10.8 Å². The van der Waals surface area contributed by atoms with Crippen molar-refractivity contribution in [2.45, 2.75) is 19.8 Å². The normalized spacial score (nSPS) is 11.3. The Labute approximate surface area is 160 Å². The Kier molecular flexibility index (Phi) is 4.49. The molecule has 0 aliphatic rings. The SMILES string of the molecule is CC(C)c1cnc(-c2cc(Cl)ccc2F)nc1Nc1ccnc2[nH]ccc12. The third kappa shape index (κ3) is 3.36. The van der Waals surface area contributed by atoms with Crippen LogP contribution in [0.5, 0.6) is 0 Å². The monoisotopic (exact) mass is 381 g/mol. The van der Waals surface area contributed by atoms with Gasteiger partial charge in [-0.25, -0.2) is 19.3 Å². The van der Waals surface area contributed by atoms with E-state index in [1.54, 1.807) is 12.4 Å². The number of nitrogens with zero attached hydrogens (tertiary/aromatic N) is 3. The predicted molar refractivity (Wildman–Crippen MR) is 106 cm³/mol. The van der Waals surface area contributed by atoms with E-state index in [1.807, 2.05) is 18.3 Å². The molecule has 7 heteroatoms. The number of hydrogen-bond acceptors (Lipinski definition) is 4. The Morgan fingerprint density at radius 1 is 1.15 bits per heavy atom. The average molecular weight is 382 g/mol. The fraction of sp³-hybridized carbons (Fsp3) is 0.150. The molecule has 0 saturated carbocycles. The van der Waals surface area contributed by atoms with Crippen molar-refractivity contribution in [3.63, 3.8) is 0 Å². The largest absolute Gasteiger partial charge is 0.346 e. The first kappa shape index (κ1) is 17.4. The molecule has 0 saturated heterocycles. The summed E-state index contributed by atoms with van der Waals surface area (Å²) in [5.74, 6) is 0.679. The van der Waals surface area contributed by atoms with E-state index >= 15 is 0 Å². The minimum absolute atomic E-state index is 0.189. The zero-order chi connectivity index (χ0) is 19.0. The average Bonchev–Trinajstić information content (AvgIpc) is 3.13. The highest BCUT2D eigenvalue weighted by atomic mass is 35.5. The first-order valence-corrected chi connectivity index (χ1v) is 8.92. The summed E-state index contributed by atoms with van der Waals surface area (Å²) in [4.78, 5) is 16.3. The molecule has 3 aromatic heterocycles. The molecular weight excluding hydrogens is 365 g/mol. The van der Waals surface area contributed by atoms with E-state index in [9.17, 15) is 4.39 Å². The van der Waals surface area contributed by atoms with Crippen LogP contribution in [0, 0.1) is 5.82 Å². The van der Waals surface area contributed by atoms with Gasteiger partial charge >= 0.3 is 0 Å². The van der Waals surface area contributed by atoms with Gasteiger partial charge in [0.15, 0.2) is 5.82 Å². The maximum atomic E-state index is 14.3. The second kappa shape index (κ2) is 6.96. The van der Waals surface area contributed by atoms with Crippen LogP contribution in [0.2, 0.25) is 5.02 Å². The summed E-state index contributed by atoms with van der Waals surface area (Å²) >= 11 is 6.02. The van der Waals surface area contributed by atoms with Gasteiger partial charge in [0, 0.05) is 34.6 Å². The van der Waals surface area contributed by atoms with Crippen LogP contribution in [0.4, 0.5) is 15.9 Å². The Hall–Kier alpha value is -2.99. The van der Waals surface area contributed by atoms with Crippen LogP contribution in [-0.4, -0.2) is 19.9 Å². The molecule has 5 nitrogen and oxygen atoms in total.